The van der Waals surface area contributed by atoms with Crippen LogP contribution in [-0.4, -0.2) is 4.98 Å². The van der Waals surface area contributed by atoms with Crippen LogP contribution in [0.5, 0.6) is 0 Å². The lowest BCUT2D eigenvalue weighted by Crippen LogP contribution is -2.29. The van der Waals surface area contributed by atoms with Crippen molar-refractivity contribution >= 4 is 22.5 Å². The second-order valence-electron chi connectivity index (χ2n) is 5.03. The highest BCUT2D eigenvalue weighted by molar-refractivity contribution is 6.31. The van der Waals surface area contributed by atoms with Crippen molar-refractivity contribution < 1.29 is 0 Å². The number of benzene rings is 2. The van der Waals surface area contributed by atoms with Crippen molar-refractivity contribution in [3.8, 4) is 0 Å². The quantitative estimate of drug-likeness (QED) is 0.572. The van der Waals surface area contributed by atoms with Gasteiger partial charge in [-0.05, 0) is 41.8 Å². The number of nitrogens with zero attached hydrogens (tertiary/aromatic N) is 1. The molecule has 1 unspecified atom stereocenters. The molecule has 0 amide bonds. The lowest BCUT2D eigenvalue weighted by molar-refractivity contribution is 0.640. The van der Waals surface area contributed by atoms with Gasteiger partial charge in [0.1, 0.15) is 0 Å². The first kappa shape index (κ1) is 14.0. The third-order valence-corrected chi connectivity index (χ3v) is 4.10. The Hall–Kier alpha value is -1.94. The Balaban J connectivity index is 2.16. The van der Waals surface area contributed by atoms with Gasteiger partial charge < -0.3 is 0 Å². The first-order chi connectivity index (χ1) is 10.2. The Morgan fingerprint density at radius 1 is 1.14 bits per heavy atom. The van der Waals surface area contributed by atoms with Crippen LogP contribution in [-0.2, 0) is 0 Å². The van der Waals surface area contributed by atoms with Gasteiger partial charge >= 0.3 is 0 Å². The minimum Gasteiger partial charge on any atom is -0.271 e. The molecule has 0 aliphatic rings. The maximum Gasteiger partial charge on any atom is 0.0717 e. The number of nitrogens with one attached hydrogen (secondary N) is 1. The van der Waals surface area contributed by atoms with E-state index in [4.69, 9.17) is 17.4 Å². The van der Waals surface area contributed by atoms with E-state index in [1.165, 1.54) is 0 Å². The van der Waals surface area contributed by atoms with Crippen LogP contribution in [0.1, 0.15) is 22.7 Å². The highest BCUT2D eigenvalue weighted by atomic mass is 35.5. The number of nitrogens with two attached hydrogens (primary N) is 1. The number of rotatable bonds is 3. The Kier molecular flexibility index (Phi) is 3.88. The first-order valence-electron chi connectivity index (χ1n) is 6.76. The molecule has 4 heteroatoms. The molecular weight excluding hydrogens is 282 g/mol. The van der Waals surface area contributed by atoms with Gasteiger partial charge in [-0.3, -0.25) is 10.8 Å². The zero-order valence-electron chi connectivity index (χ0n) is 11.7. The SMILES string of the molecule is Cc1ccc(C(NN)c2ccnc3ccccc23)cc1Cl. The summed E-state index contributed by atoms with van der Waals surface area (Å²) < 4.78 is 0. The molecule has 1 aromatic heterocycles. The van der Waals surface area contributed by atoms with Crippen molar-refractivity contribution in [1.29, 1.82) is 0 Å². The fourth-order valence-corrected chi connectivity index (χ4v) is 2.71. The van der Waals surface area contributed by atoms with Gasteiger partial charge in [0.05, 0.1) is 11.6 Å². The van der Waals surface area contributed by atoms with Crippen molar-refractivity contribution in [2.24, 2.45) is 5.84 Å². The molecule has 3 rings (SSSR count). The second kappa shape index (κ2) is 5.82. The minimum atomic E-state index is -0.129. The summed E-state index contributed by atoms with van der Waals surface area (Å²) >= 11 is 6.24. The molecule has 0 radical (unpaired) electrons. The summed E-state index contributed by atoms with van der Waals surface area (Å²) in [5.74, 6) is 5.80. The summed E-state index contributed by atoms with van der Waals surface area (Å²) in [6.45, 7) is 1.98. The molecule has 0 bridgehead atoms. The van der Waals surface area contributed by atoms with Crippen molar-refractivity contribution in [1.82, 2.24) is 10.4 Å². The molecule has 0 aliphatic carbocycles. The molecule has 3 nitrogen and oxygen atoms in total. The predicted molar refractivity (Wildman–Crippen MR) is 87.1 cm³/mol. The Morgan fingerprint density at radius 3 is 2.71 bits per heavy atom. The van der Waals surface area contributed by atoms with Gasteiger partial charge in [0.15, 0.2) is 0 Å². The fourth-order valence-electron chi connectivity index (χ4n) is 2.52. The molecule has 1 heterocycles. The van der Waals surface area contributed by atoms with E-state index in [9.17, 15) is 0 Å². The highest BCUT2D eigenvalue weighted by Crippen LogP contribution is 2.29. The average molecular weight is 298 g/mol. The van der Waals surface area contributed by atoms with E-state index in [1.54, 1.807) is 6.20 Å². The maximum atomic E-state index is 6.24. The van der Waals surface area contributed by atoms with Crippen molar-refractivity contribution in [3.05, 3.63) is 76.4 Å². The monoisotopic (exact) mass is 297 g/mol. The van der Waals surface area contributed by atoms with Crippen LogP contribution in [0, 0.1) is 6.92 Å². The average Bonchev–Trinajstić information content (AvgIpc) is 2.52. The van der Waals surface area contributed by atoms with Crippen LogP contribution in [0.25, 0.3) is 10.9 Å². The Morgan fingerprint density at radius 2 is 1.95 bits per heavy atom. The van der Waals surface area contributed by atoms with E-state index in [2.05, 4.69) is 16.5 Å². The number of pyridine rings is 1. The molecule has 0 spiro atoms. The molecule has 2 aromatic carbocycles. The molecule has 106 valence electrons. The number of fused-ring (bicyclic) bond motifs is 1. The van der Waals surface area contributed by atoms with Crippen LogP contribution in [0.4, 0.5) is 0 Å². The van der Waals surface area contributed by atoms with Crippen LogP contribution in [0.15, 0.2) is 54.7 Å². The Bertz CT molecular complexity index is 781. The van der Waals surface area contributed by atoms with E-state index in [-0.39, 0.29) is 6.04 Å². The summed E-state index contributed by atoms with van der Waals surface area (Å²) in [5, 5.41) is 1.82. The summed E-state index contributed by atoms with van der Waals surface area (Å²) in [5.41, 5.74) is 7.01. The van der Waals surface area contributed by atoms with Crippen molar-refractivity contribution in [2.75, 3.05) is 0 Å². The first-order valence-corrected chi connectivity index (χ1v) is 7.14. The fraction of sp³-hybridized carbons (Fsp3) is 0.118. The number of hydrogen-bond donors (Lipinski definition) is 2. The van der Waals surface area contributed by atoms with Crippen LogP contribution in [0.3, 0.4) is 0 Å². The molecular formula is C17H16ClN3. The lowest BCUT2D eigenvalue weighted by atomic mass is 9.95. The van der Waals surface area contributed by atoms with E-state index in [0.717, 1.165) is 32.6 Å². The van der Waals surface area contributed by atoms with E-state index in [0.29, 0.717) is 0 Å². The second-order valence-corrected chi connectivity index (χ2v) is 5.43. The summed E-state index contributed by atoms with van der Waals surface area (Å²) in [7, 11) is 0. The molecule has 0 saturated heterocycles. The third kappa shape index (κ3) is 2.63. The van der Waals surface area contributed by atoms with Crippen LogP contribution >= 0.6 is 11.6 Å². The minimum absolute atomic E-state index is 0.129. The molecule has 1 atom stereocenters. The molecule has 0 saturated carbocycles. The van der Waals surface area contributed by atoms with E-state index < -0.39 is 0 Å². The summed E-state index contributed by atoms with van der Waals surface area (Å²) in [6.07, 6.45) is 1.80. The molecule has 0 fully saturated rings. The number of hydrogen-bond acceptors (Lipinski definition) is 3. The number of aryl methyl sites for hydroxylation is 1. The topological polar surface area (TPSA) is 50.9 Å². The van der Waals surface area contributed by atoms with Gasteiger partial charge in [0, 0.05) is 16.6 Å². The summed E-state index contributed by atoms with van der Waals surface area (Å²) in [6, 6.07) is 15.9. The number of aromatic nitrogens is 1. The lowest BCUT2D eigenvalue weighted by Gasteiger charge is -2.19. The largest absolute Gasteiger partial charge is 0.271 e. The van der Waals surface area contributed by atoms with Crippen molar-refractivity contribution in [2.45, 2.75) is 13.0 Å². The smallest absolute Gasteiger partial charge is 0.0717 e. The predicted octanol–water partition coefficient (Wildman–Crippen LogP) is 3.75. The molecule has 21 heavy (non-hydrogen) atoms. The molecule has 0 aliphatic heterocycles. The third-order valence-electron chi connectivity index (χ3n) is 3.69. The Labute approximate surface area is 128 Å². The summed E-state index contributed by atoms with van der Waals surface area (Å²) in [4.78, 5) is 4.39. The normalized spacial score (nSPS) is 12.5. The van der Waals surface area contributed by atoms with E-state index in [1.807, 2.05) is 49.4 Å². The number of hydrazine groups is 1. The van der Waals surface area contributed by atoms with E-state index >= 15 is 0 Å². The van der Waals surface area contributed by atoms with Crippen molar-refractivity contribution in [3.63, 3.8) is 0 Å². The van der Waals surface area contributed by atoms with Crippen LogP contribution < -0.4 is 11.3 Å². The zero-order chi connectivity index (χ0) is 14.8. The van der Waals surface area contributed by atoms with Crippen LogP contribution in [0.2, 0.25) is 5.02 Å². The van der Waals surface area contributed by atoms with Gasteiger partial charge in [-0.15, -0.1) is 0 Å². The molecule has 3 aromatic rings. The zero-order valence-corrected chi connectivity index (χ0v) is 12.4. The van der Waals surface area contributed by atoms with Gasteiger partial charge in [-0.25, -0.2) is 5.43 Å². The maximum absolute atomic E-state index is 6.24. The van der Waals surface area contributed by atoms with Gasteiger partial charge in [-0.2, -0.15) is 0 Å². The van der Waals surface area contributed by atoms with Gasteiger partial charge in [0.2, 0.25) is 0 Å². The van der Waals surface area contributed by atoms with Gasteiger partial charge in [-0.1, -0.05) is 41.9 Å². The highest BCUT2D eigenvalue weighted by Gasteiger charge is 2.16. The number of para-hydroxylation sites is 1. The van der Waals surface area contributed by atoms with Gasteiger partial charge in [0.25, 0.3) is 0 Å². The standard InChI is InChI=1S/C17H16ClN3/c1-11-6-7-12(10-15(11)18)17(21-19)14-8-9-20-16-5-3-2-4-13(14)16/h2-10,17,21H,19H2,1H3. The number of halogens is 1. The molecule has 3 N–H and O–H groups in total.